The summed E-state index contributed by atoms with van der Waals surface area (Å²) in [4.78, 5) is 6.79. The maximum Gasteiger partial charge on any atom is 0.161 e. The van der Waals surface area contributed by atoms with Crippen LogP contribution in [-0.2, 0) is 13.0 Å². The Labute approximate surface area is 166 Å². The quantitative estimate of drug-likeness (QED) is 0.656. The zero-order valence-corrected chi connectivity index (χ0v) is 16.7. The molecule has 144 valence electrons. The van der Waals surface area contributed by atoms with E-state index in [1.165, 1.54) is 27.8 Å². The summed E-state index contributed by atoms with van der Waals surface area (Å²) in [6.45, 7) is 4.01. The number of fused-ring (bicyclic) bond motifs is 1. The first-order valence-corrected chi connectivity index (χ1v) is 9.64. The van der Waals surface area contributed by atoms with Crippen molar-refractivity contribution in [2.24, 2.45) is 0 Å². The van der Waals surface area contributed by atoms with Crippen molar-refractivity contribution in [1.29, 1.82) is 0 Å². The van der Waals surface area contributed by atoms with E-state index in [4.69, 9.17) is 9.47 Å². The number of hydrogen-bond donors (Lipinski definition) is 0. The van der Waals surface area contributed by atoms with Crippen molar-refractivity contribution in [3.05, 3.63) is 88.7 Å². The molecule has 28 heavy (non-hydrogen) atoms. The molecule has 0 unspecified atom stereocenters. The van der Waals surface area contributed by atoms with Gasteiger partial charge in [-0.2, -0.15) is 0 Å². The Hall–Kier alpha value is -2.85. The molecule has 0 aliphatic carbocycles. The summed E-state index contributed by atoms with van der Waals surface area (Å²) in [6, 6.07) is 17.3. The van der Waals surface area contributed by atoms with Gasteiger partial charge >= 0.3 is 0 Å². The molecule has 0 fully saturated rings. The van der Waals surface area contributed by atoms with E-state index in [9.17, 15) is 0 Å². The molecule has 4 nitrogen and oxygen atoms in total. The summed E-state index contributed by atoms with van der Waals surface area (Å²) in [5.74, 6) is 1.58. The summed E-state index contributed by atoms with van der Waals surface area (Å²) >= 11 is 0. The van der Waals surface area contributed by atoms with Crippen LogP contribution in [0.2, 0.25) is 0 Å². The van der Waals surface area contributed by atoms with Crippen LogP contribution in [0.3, 0.4) is 0 Å². The normalized spacial score (nSPS) is 16.5. The number of benzene rings is 2. The molecule has 2 aromatic carbocycles. The Bertz CT molecular complexity index is 956. The minimum atomic E-state index is 0.178. The van der Waals surface area contributed by atoms with Crippen molar-refractivity contribution in [3.63, 3.8) is 0 Å². The summed E-state index contributed by atoms with van der Waals surface area (Å²) in [7, 11) is 3.39. The van der Waals surface area contributed by atoms with Crippen LogP contribution in [0.5, 0.6) is 11.5 Å². The van der Waals surface area contributed by atoms with Gasteiger partial charge in [0.25, 0.3) is 0 Å². The summed E-state index contributed by atoms with van der Waals surface area (Å²) in [5, 5.41) is 0. The third-order valence-corrected chi connectivity index (χ3v) is 5.60. The van der Waals surface area contributed by atoms with Crippen molar-refractivity contribution < 1.29 is 9.47 Å². The fourth-order valence-electron chi connectivity index (χ4n) is 4.09. The number of aryl methyl sites for hydroxylation is 1. The van der Waals surface area contributed by atoms with Crippen LogP contribution in [-0.4, -0.2) is 30.6 Å². The first-order valence-electron chi connectivity index (χ1n) is 9.64. The van der Waals surface area contributed by atoms with Crippen molar-refractivity contribution in [3.8, 4) is 11.5 Å². The number of methoxy groups -OCH3 is 2. The molecule has 0 radical (unpaired) electrons. The van der Waals surface area contributed by atoms with Crippen molar-refractivity contribution in [2.75, 3.05) is 20.8 Å². The molecule has 0 N–H and O–H groups in total. The Morgan fingerprint density at radius 3 is 2.50 bits per heavy atom. The second-order valence-corrected chi connectivity index (χ2v) is 7.24. The summed E-state index contributed by atoms with van der Waals surface area (Å²) in [5.41, 5.74) is 6.46. The molecule has 0 saturated heterocycles. The lowest BCUT2D eigenvalue weighted by molar-refractivity contribution is 0.203. The third-order valence-electron chi connectivity index (χ3n) is 5.60. The van der Waals surface area contributed by atoms with E-state index in [1.807, 2.05) is 12.4 Å². The molecule has 1 aliphatic heterocycles. The van der Waals surface area contributed by atoms with Crippen LogP contribution in [0.1, 0.15) is 33.9 Å². The number of rotatable bonds is 5. The lowest BCUT2D eigenvalue weighted by Crippen LogP contribution is -2.36. The average Bonchev–Trinajstić information content (AvgIpc) is 2.74. The topological polar surface area (TPSA) is 34.6 Å². The van der Waals surface area contributed by atoms with Gasteiger partial charge < -0.3 is 9.47 Å². The fourth-order valence-corrected chi connectivity index (χ4v) is 4.09. The molecule has 3 aromatic rings. The zero-order valence-electron chi connectivity index (χ0n) is 16.7. The first-order chi connectivity index (χ1) is 13.7. The van der Waals surface area contributed by atoms with E-state index in [-0.39, 0.29) is 6.04 Å². The SMILES string of the molecule is COc1cc2c(cc1OC)[C@@H](c1ccccc1)N(Cc1ccncc1C)CC2. The van der Waals surface area contributed by atoms with Gasteiger partial charge in [-0.3, -0.25) is 9.88 Å². The van der Waals surface area contributed by atoms with Gasteiger partial charge in [-0.25, -0.2) is 0 Å². The smallest absolute Gasteiger partial charge is 0.161 e. The molecular weight excluding hydrogens is 348 g/mol. The number of hydrogen-bond acceptors (Lipinski definition) is 4. The van der Waals surface area contributed by atoms with E-state index in [1.54, 1.807) is 14.2 Å². The van der Waals surface area contributed by atoms with Crippen molar-refractivity contribution >= 4 is 0 Å². The number of ether oxygens (including phenoxy) is 2. The Morgan fingerprint density at radius 2 is 1.79 bits per heavy atom. The summed E-state index contributed by atoms with van der Waals surface area (Å²) in [6.07, 6.45) is 4.81. The standard InChI is InChI=1S/C24H26N2O2/c1-17-15-25-11-9-20(17)16-26-12-10-19-13-22(27-2)23(28-3)14-21(19)24(26)18-7-5-4-6-8-18/h4-9,11,13-15,24H,10,12,16H2,1-3H3/t24-/m1/s1. The van der Waals surface area contributed by atoms with E-state index < -0.39 is 0 Å². The van der Waals surface area contributed by atoms with Gasteiger partial charge in [0.15, 0.2) is 11.5 Å². The van der Waals surface area contributed by atoms with Crippen LogP contribution in [0.15, 0.2) is 60.9 Å². The predicted molar refractivity (Wildman–Crippen MR) is 111 cm³/mol. The third kappa shape index (κ3) is 3.48. The minimum absolute atomic E-state index is 0.178. The Morgan fingerprint density at radius 1 is 1.04 bits per heavy atom. The Balaban J connectivity index is 1.80. The van der Waals surface area contributed by atoms with E-state index in [0.717, 1.165) is 31.0 Å². The second-order valence-electron chi connectivity index (χ2n) is 7.24. The fraction of sp³-hybridized carbons (Fsp3) is 0.292. The molecule has 0 saturated carbocycles. The van der Waals surface area contributed by atoms with Crippen molar-refractivity contribution in [2.45, 2.75) is 25.9 Å². The molecule has 0 amide bonds. The highest BCUT2D eigenvalue weighted by molar-refractivity contribution is 5.51. The van der Waals surface area contributed by atoms with E-state index in [2.05, 4.69) is 65.3 Å². The van der Waals surface area contributed by atoms with Gasteiger partial charge in [0.1, 0.15) is 0 Å². The number of aromatic nitrogens is 1. The molecule has 1 aliphatic rings. The molecular formula is C24H26N2O2. The molecule has 0 bridgehead atoms. The molecule has 1 atom stereocenters. The second kappa shape index (κ2) is 8.03. The maximum absolute atomic E-state index is 5.61. The predicted octanol–water partition coefficient (Wildman–Crippen LogP) is 4.55. The molecule has 0 spiro atoms. The summed E-state index contributed by atoms with van der Waals surface area (Å²) < 4.78 is 11.1. The van der Waals surface area contributed by atoms with Gasteiger partial charge in [0, 0.05) is 25.5 Å². The molecule has 2 heterocycles. The van der Waals surface area contributed by atoms with Gasteiger partial charge in [0.2, 0.25) is 0 Å². The van der Waals surface area contributed by atoms with E-state index >= 15 is 0 Å². The highest BCUT2D eigenvalue weighted by Crippen LogP contribution is 2.41. The van der Waals surface area contributed by atoms with Gasteiger partial charge in [-0.15, -0.1) is 0 Å². The first kappa shape index (κ1) is 18.5. The lowest BCUT2D eigenvalue weighted by Gasteiger charge is -2.38. The van der Waals surface area contributed by atoms with Gasteiger partial charge in [0.05, 0.1) is 20.3 Å². The largest absolute Gasteiger partial charge is 0.493 e. The highest BCUT2D eigenvalue weighted by atomic mass is 16.5. The highest BCUT2D eigenvalue weighted by Gasteiger charge is 2.30. The minimum Gasteiger partial charge on any atom is -0.493 e. The van der Waals surface area contributed by atoms with Crippen LogP contribution in [0.4, 0.5) is 0 Å². The van der Waals surface area contributed by atoms with Gasteiger partial charge in [-0.1, -0.05) is 30.3 Å². The van der Waals surface area contributed by atoms with Crippen LogP contribution in [0, 0.1) is 6.92 Å². The average molecular weight is 374 g/mol. The molecule has 4 rings (SSSR count). The maximum atomic E-state index is 5.61. The van der Waals surface area contributed by atoms with Crippen LogP contribution in [0.25, 0.3) is 0 Å². The Kier molecular flexibility index (Phi) is 5.31. The zero-order chi connectivity index (χ0) is 19.5. The van der Waals surface area contributed by atoms with Crippen LogP contribution < -0.4 is 9.47 Å². The number of nitrogens with zero attached hydrogens (tertiary/aromatic N) is 2. The van der Waals surface area contributed by atoms with Gasteiger partial charge in [-0.05, 0) is 59.4 Å². The monoisotopic (exact) mass is 374 g/mol. The number of pyridine rings is 1. The molecule has 1 aromatic heterocycles. The van der Waals surface area contributed by atoms with Crippen LogP contribution >= 0.6 is 0 Å². The van der Waals surface area contributed by atoms with E-state index in [0.29, 0.717) is 0 Å². The molecule has 4 heteroatoms. The lowest BCUT2D eigenvalue weighted by atomic mass is 9.87. The van der Waals surface area contributed by atoms with Crippen molar-refractivity contribution in [1.82, 2.24) is 9.88 Å².